The van der Waals surface area contributed by atoms with Crippen LogP contribution in [0.3, 0.4) is 0 Å². The molecule has 1 rings (SSSR count). The topological polar surface area (TPSA) is 87.7 Å². The standard InChI is InChI=1S/C20H31N3O4/c1-14(2)10-20(26)23(12-15(3)4)13-19(25)21-11-18(24)22-16-6-8-17(27-5)9-7-16/h6-9,14-15H,10-13H2,1-5H3,(H,21,25)(H,22,24). The lowest BCUT2D eigenvalue weighted by Gasteiger charge is -2.25. The average Bonchev–Trinajstić information content (AvgIpc) is 2.59. The summed E-state index contributed by atoms with van der Waals surface area (Å²) in [6, 6.07) is 6.90. The summed E-state index contributed by atoms with van der Waals surface area (Å²) in [5.74, 6) is 0.446. The maximum absolute atomic E-state index is 12.3. The van der Waals surface area contributed by atoms with E-state index in [9.17, 15) is 14.4 Å². The maximum Gasteiger partial charge on any atom is 0.243 e. The van der Waals surface area contributed by atoms with E-state index in [0.29, 0.717) is 24.4 Å². The fraction of sp³-hybridized carbons (Fsp3) is 0.550. The Morgan fingerprint density at radius 2 is 1.63 bits per heavy atom. The highest BCUT2D eigenvalue weighted by molar-refractivity contribution is 5.95. The molecule has 0 fully saturated rings. The second-order valence-electron chi connectivity index (χ2n) is 7.32. The van der Waals surface area contributed by atoms with Gasteiger partial charge < -0.3 is 20.3 Å². The zero-order valence-corrected chi connectivity index (χ0v) is 16.9. The quantitative estimate of drug-likeness (QED) is 0.655. The van der Waals surface area contributed by atoms with Crippen LogP contribution in [-0.4, -0.2) is 49.4 Å². The van der Waals surface area contributed by atoms with Crippen LogP contribution in [0.15, 0.2) is 24.3 Å². The molecule has 0 aromatic heterocycles. The van der Waals surface area contributed by atoms with E-state index in [1.807, 2.05) is 27.7 Å². The third-order valence-electron chi connectivity index (χ3n) is 3.68. The molecule has 27 heavy (non-hydrogen) atoms. The average molecular weight is 377 g/mol. The third-order valence-corrected chi connectivity index (χ3v) is 3.68. The maximum atomic E-state index is 12.3. The molecule has 0 bridgehead atoms. The van der Waals surface area contributed by atoms with E-state index in [1.165, 1.54) is 0 Å². The second-order valence-corrected chi connectivity index (χ2v) is 7.32. The molecular formula is C20H31N3O4. The monoisotopic (exact) mass is 377 g/mol. The zero-order chi connectivity index (χ0) is 20.4. The fourth-order valence-electron chi connectivity index (χ4n) is 2.46. The molecule has 0 aliphatic rings. The lowest BCUT2D eigenvalue weighted by atomic mass is 10.1. The molecule has 3 amide bonds. The van der Waals surface area contributed by atoms with E-state index in [2.05, 4.69) is 10.6 Å². The Bertz CT molecular complexity index is 627. The Morgan fingerprint density at radius 1 is 1.00 bits per heavy atom. The molecule has 0 atom stereocenters. The summed E-state index contributed by atoms with van der Waals surface area (Å²) in [4.78, 5) is 38.0. The molecule has 0 saturated carbocycles. The second kappa shape index (κ2) is 11.2. The van der Waals surface area contributed by atoms with Gasteiger partial charge in [-0.1, -0.05) is 27.7 Å². The minimum Gasteiger partial charge on any atom is -0.497 e. The molecule has 2 N–H and O–H groups in total. The van der Waals surface area contributed by atoms with Crippen molar-refractivity contribution in [3.63, 3.8) is 0 Å². The Morgan fingerprint density at radius 3 is 2.15 bits per heavy atom. The fourth-order valence-corrected chi connectivity index (χ4v) is 2.46. The van der Waals surface area contributed by atoms with Crippen molar-refractivity contribution >= 4 is 23.4 Å². The SMILES string of the molecule is COc1ccc(NC(=O)CNC(=O)CN(CC(C)C)C(=O)CC(C)C)cc1. The number of nitrogens with zero attached hydrogens (tertiary/aromatic N) is 1. The number of rotatable bonds is 10. The van der Waals surface area contributed by atoms with Crippen LogP contribution in [0.4, 0.5) is 5.69 Å². The van der Waals surface area contributed by atoms with Crippen molar-refractivity contribution in [2.24, 2.45) is 11.8 Å². The lowest BCUT2D eigenvalue weighted by molar-refractivity contribution is -0.137. The van der Waals surface area contributed by atoms with Gasteiger partial charge in [-0.3, -0.25) is 14.4 Å². The van der Waals surface area contributed by atoms with E-state index in [4.69, 9.17) is 4.74 Å². The summed E-state index contributed by atoms with van der Waals surface area (Å²) in [7, 11) is 1.57. The van der Waals surface area contributed by atoms with Crippen LogP contribution in [0.5, 0.6) is 5.75 Å². The molecule has 0 spiro atoms. The van der Waals surface area contributed by atoms with E-state index in [1.54, 1.807) is 36.3 Å². The number of carbonyl (C=O) groups excluding carboxylic acids is 3. The van der Waals surface area contributed by atoms with Crippen LogP contribution < -0.4 is 15.4 Å². The van der Waals surface area contributed by atoms with Gasteiger partial charge in [-0.2, -0.15) is 0 Å². The molecule has 0 saturated heterocycles. The summed E-state index contributed by atoms with van der Waals surface area (Å²) in [5.41, 5.74) is 0.614. The van der Waals surface area contributed by atoms with E-state index >= 15 is 0 Å². The van der Waals surface area contributed by atoms with Gasteiger partial charge in [-0.25, -0.2) is 0 Å². The van der Waals surface area contributed by atoms with Crippen molar-refractivity contribution in [1.29, 1.82) is 0 Å². The number of amides is 3. The summed E-state index contributed by atoms with van der Waals surface area (Å²) in [6.45, 7) is 8.24. The van der Waals surface area contributed by atoms with Crippen LogP contribution in [-0.2, 0) is 14.4 Å². The molecule has 0 radical (unpaired) electrons. The van der Waals surface area contributed by atoms with Crippen LogP contribution in [0.25, 0.3) is 0 Å². The van der Waals surface area contributed by atoms with Gasteiger partial charge in [0.05, 0.1) is 20.2 Å². The number of methoxy groups -OCH3 is 1. The van der Waals surface area contributed by atoms with Crippen molar-refractivity contribution in [2.75, 3.05) is 32.1 Å². The molecule has 150 valence electrons. The van der Waals surface area contributed by atoms with Crippen LogP contribution >= 0.6 is 0 Å². The number of carbonyl (C=O) groups is 3. The number of nitrogens with one attached hydrogen (secondary N) is 2. The summed E-state index contributed by atoms with van der Waals surface area (Å²) < 4.78 is 5.06. The Kier molecular flexibility index (Phi) is 9.33. The van der Waals surface area contributed by atoms with Gasteiger partial charge >= 0.3 is 0 Å². The Balaban J connectivity index is 2.49. The number of anilines is 1. The number of benzene rings is 1. The van der Waals surface area contributed by atoms with Gasteiger partial charge in [0.25, 0.3) is 0 Å². The lowest BCUT2D eigenvalue weighted by Crippen LogP contribution is -2.44. The summed E-state index contributed by atoms with van der Waals surface area (Å²) in [6.07, 6.45) is 0.401. The predicted molar refractivity (Wildman–Crippen MR) is 106 cm³/mol. The normalized spacial score (nSPS) is 10.6. The predicted octanol–water partition coefficient (Wildman–Crippen LogP) is 2.28. The van der Waals surface area contributed by atoms with Gasteiger partial charge in [-0.05, 0) is 36.1 Å². The third kappa shape index (κ3) is 9.08. The first-order valence-corrected chi connectivity index (χ1v) is 9.19. The first kappa shape index (κ1) is 22.5. The van der Waals surface area contributed by atoms with Crippen LogP contribution in [0.2, 0.25) is 0 Å². The van der Waals surface area contributed by atoms with Crippen LogP contribution in [0, 0.1) is 11.8 Å². The number of hydrogen-bond donors (Lipinski definition) is 2. The van der Waals surface area contributed by atoms with Gasteiger partial charge in [0, 0.05) is 18.7 Å². The van der Waals surface area contributed by atoms with E-state index in [-0.39, 0.29) is 42.6 Å². The van der Waals surface area contributed by atoms with E-state index < -0.39 is 0 Å². The molecule has 0 heterocycles. The van der Waals surface area contributed by atoms with Crippen LogP contribution in [0.1, 0.15) is 34.1 Å². The zero-order valence-electron chi connectivity index (χ0n) is 16.9. The molecule has 1 aromatic carbocycles. The molecule has 1 aromatic rings. The molecule has 0 unspecified atom stereocenters. The minimum absolute atomic E-state index is 0.0421. The Labute approximate surface area is 161 Å². The van der Waals surface area contributed by atoms with Crippen molar-refractivity contribution in [2.45, 2.75) is 34.1 Å². The van der Waals surface area contributed by atoms with Crippen molar-refractivity contribution in [1.82, 2.24) is 10.2 Å². The highest BCUT2D eigenvalue weighted by Gasteiger charge is 2.19. The number of ether oxygens (including phenoxy) is 1. The van der Waals surface area contributed by atoms with Crippen molar-refractivity contribution in [3.05, 3.63) is 24.3 Å². The van der Waals surface area contributed by atoms with Gasteiger partial charge in [0.15, 0.2) is 0 Å². The van der Waals surface area contributed by atoms with Crippen molar-refractivity contribution < 1.29 is 19.1 Å². The van der Waals surface area contributed by atoms with Crippen molar-refractivity contribution in [3.8, 4) is 5.75 Å². The van der Waals surface area contributed by atoms with Gasteiger partial charge in [-0.15, -0.1) is 0 Å². The summed E-state index contributed by atoms with van der Waals surface area (Å²) in [5, 5.41) is 5.26. The van der Waals surface area contributed by atoms with Gasteiger partial charge in [0.1, 0.15) is 5.75 Å². The molecule has 0 aliphatic carbocycles. The first-order valence-electron chi connectivity index (χ1n) is 9.19. The molecule has 7 nitrogen and oxygen atoms in total. The highest BCUT2D eigenvalue weighted by Crippen LogP contribution is 2.14. The molecule has 7 heteroatoms. The Hall–Kier alpha value is -2.57. The summed E-state index contributed by atoms with van der Waals surface area (Å²) >= 11 is 0. The first-order chi connectivity index (χ1) is 12.7. The van der Waals surface area contributed by atoms with Gasteiger partial charge in [0.2, 0.25) is 17.7 Å². The largest absolute Gasteiger partial charge is 0.497 e. The highest BCUT2D eigenvalue weighted by atomic mass is 16.5. The molecular weight excluding hydrogens is 346 g/mol. The minimum atomic E-state index is -0.349. The van der Waals surface area contributed by atoms with E-state index in [0.717, 1.165) is 0 Å². The number of hydrogen-bond acceptors (Lipinski definition) is 4. The molecule has 0 aliphatic heterocycles. The smallest absolute Gasteiger partial charge is 0.243 e.